The van der Waals surface area contributed by atoms with E-state index in [-0.39, 0.29) is 37.2 Å². The van der Waals surface area contributed by atoms with Gasteiger partial charge in [0.1, 0.15) is 0 Å². The van der Waals surface area contributed by atoms with Crippen molar-refractivity contribution in [1.29, 1.82) is 0 Å². The fraction of sp³-hybridized carbons (Fsp3) is 0.364. The van der Waals surface area contributed by atoms with Crippen LogP contribution in [0.4, 0.5) is 26.3 Å². The van der Waals surface area contributed by atoms with Gasteiger partial charge in [0.05, 0.1) is 24.3 Å². The van der Waals surface area contributed by atoms with Gasteiger partial charge >= 0.3 is 12.4 Å². The molecule has 0 aromatic heterocycles. The molecule has 0 N–H and O–H groups in total. The fourth-order valence-corrected chi connectivity index (χ4v) is 3.37. The van der Waals surface area contributed by atoms with E-state index in [0.29, 0.717) is 6.42 Å². The monoisotopic (exact) mass is 430 g/mol. The summed E-state index contributed by atoms with van der Waals surface area (Å²) >= 11 is 0. The van der Waals surface area contributed by atoms with Gasteiger partial charge in [-0.05, 0) is 41.3 Å². The van der Waals surface area contributed by atoms with Gasteiger partial charge in [-0.15, -0.1) is 0 Å². The molecule has 1 fully saturated rings. The Morgan fingerprint density at radius 1 is 0.933 bits per heavy atom. The van der Waals surface area contributed by atoms with E-state index in [1.54, 1.807) is 0 Å². The number of ether oxygens (including phenoxy) is 2. The molecule has 0 bridgehead atoms. The van der Waals surface area contributed by atoms with E-state index >= 15 is 0 Å². The Balaban J connectivity index is 1.65. The minimum absolute atomic E-state index is 0.00957. The van der Waals surface area contributed by atoms with Crippen molar-refractivity contribution < 1.29 is 35.8 Å². The summed E-state index contributed by atoms with van der Waals surface area (Å²) < 4.78 is 88.9. The van der Waals surface area contributed by atoms with Gasteiger partial charge < -0.3 is 9.47 Å². The molecule has 2 aromatic rings. The van der Waals surface area contributed by atoms with E-state index < -0.39 is 29.8 Å². The first-order valence-electron chi connectivity index (χ1n) is 9.28. The minimum atomic E-state index is -4.87. The summed E-state index contributed by atoms with van der Waals surface area (Å²) in [6, 6.07) is 11.2. The number of hydrogen-bond donors (Lipinski definition) is 0. The summed E-state index contributed by atoms with van der Waals surface area (Å²) in [7, 11) is 0. The van der Waals surface area contributed by atoms with Crippen molar-refractivity contribution in [2.45, 2.75) is 37.4 Å². The van der Waals surface area contributed by atoms with Crippen LogP contribution in [-0.2, 0) is 28.2 Å². The predicted octanol–water partition coefficient (Wildman–Crippen LogP) is 6.37. The van der Waals surface area contributed by atoms with E-state index in [0.717, 1.165) is 23.3 Å². The summed E-state index contributed by atoms with van der Waals surface area (Å²) in [5.41, 5.74) is -0.832. The van der Waals surface area contributed by atoms with Crippen molar-refractivity contribution >= 4 is 0 Å². The number of halogens is 6. The highest BCUT2D eigenvalue weighted by atomic mass is 19.4. The first-order chi connectivity index (χ1) is 14.0. The van der Waals surface area contributed by atoms with Crippen molar-refractivity contribution in [2.75, 3.05) is 13.2 Å². The minimum Gasteiger partial charge on any atom is -0.352 e. The Bertz CT molecular complexity index is 841. The van der Waals surface area contributed by atoms with Crippen LogP contribution in [-0.4, -0.2) is 19.5 Å². The molecule has 162 valence electrons. The zero-order valence-electron chi connectivity index (χ0n) is 15.9. The van der Waals surface area contributed by atoms with Gasteiger partial charge in [-0.3, -0.25) is 0 Å². The lowest BCUT2D eigenvalue weighted by Crippen LogP contribution is -2.29. The summed E-state index contributed by atoms with van der Waals surface area (Å²) in [4.78, 5) is 0. The van der Waals surface area contributed by atoms with Crippen LogP contribution in [0.1, 0.15) is 34.6 Å². The number of rotatable bonds is 5. The second kappa shape index (κ2) is 8.81. The number of benzene rings is 2. The summed E-state index contributed by atoms with van der Waals surface area (Å²) in [5, 5.41) is 0. The molecule has 0 spiro atoms. The van der Waals surface area contributed by atoms with E-state index in [2.05, 4.69) is 6.58 Å². The third-order valence-electron chi connectivity index (χ3n) is 4.92. The Labute approximate surface area is 170 Å². The maximum absolute atomic E-state index is 13.0. The maximum atomic E-state index is 13.0. The number of hydrogen-bond acceptors (Lipinski definition) is 2. The van der Waals surface area contributed by atoms with Gasteiger partial charge in [0.2, 0.25) is 0 Å². The van der Waals surface area contributed by atoms with Crippen molar-refractivity contribution in [2.24, 2.45) is 0 Å². The number of alkyl halides is 6. The summed E-state index contributed by atoms with van der Waals surface area (Å²) in [5.74, 6) is 0.00957. The highest BCUT2D eigenvalue weighted by molar-refractivity contribution is 5.34. The Kier molecular flexibility index (Phi) is 6.57. The fourth-order valence-electron chi connectivity index (χ4n) is 3.37. The van der Waals surface area contributed by atoms with Gasteiger partial charge in [0.25, 0.3) is 0 Å². The van der Waals surface area contributed by atoms with Gasteiger partial charge in [-0.25, -0.2) is 0 Å². The van der Waals surface area contributed by atoms with Crippen LogP contribution < -0.4 is 0 Å². The second-order valence-corrected chi connectivity index (χ2v) is 7.13. The highest BCUT2D eigenvalue weighted by Crippen LogP contribution is 2.37. The SMILES string of the molecule is C=C1COC(OCCc2cc(C(F)(F)F)cc(C(F)(F)F)c2)C[C@H]1c1ccccc1. The van der Waals surface area contributed by atoms with Crippen LogP contribution in [0.5, 0.6) is 0 Å². The van der Waals surface area contributed by atoms with Crippen molar-refractivity contribution in [1.82, 2.24) is 0 Å². The molecule has 2 aromatic carbocycles. The molecular weight excluding hydrogens is 410 g/mol. The van der Waals surface area contributed by atoms with Gasteiger partial charge in [-0.2, -0.15) is 26.3 Å². The van der Waals surface area contributed by atoms with Gasteiger partial charge in [0.15, 0.2) is 6.29 Å². The molecule has 3 rings (SSSR count). The Morgan fingerprint density at radius 2 is 1.53 bits per heavy atom. The first kappa shape index (κ1) is 22.4. The van der Waals surface area contributed by atoms with Crippen LogP contribution in [0.25, 0.3) is 0 Å². The molecule has 0 aliphatic carbocycles. The van der Waals surface area contributed by atoms with Crippen molar-refractivity contribution in [3.8, 4) is 0 Å². The zero-order chi connectivity index (χ0) is 21.9. The molecule has 0 amide bonds. The average molecular weight is 430 g/mol. The maximum Gasteiger partial charge on any atom is 0.416 e. The Hall–Kier alpha value is -2.32. The molecule has 1 aliphatic rings. The second-order valence-electron chi connectivity index (χ2n) is 7.13. The lowest BCUT2D eigenvalue weighted by molar-refractivity contribution is -0.153. The lowest BCUT2D eigenvalue weighted by atomic mass is 9.88. The quantitative estimate of drug-likeness (QED) is 0.405. The van der Waals surface area contributed by atoms with Crippen LogP contribution >= 0.6 is 0 Å². The third kappa shape index (κ3) is 5.64. The molecule has 30 heavy (non-hydrogen) atoms. The molecule has 1 saturated heterocycles. The molecular formula is C22H20F6O2. The van der Waals surface area contributed by atoms with Gasteiger partial charge in [-0.1, -0.05) is 36.9 Å². The first-order valence-corrected chi connectivity index (χ1v) is 9.28. The summed E-state index contributed by atoms with van der Waals surface area (Å²) in [6.07, 6.45) is -9.99. The van der Waals surface area contributed by atoms with Crippen molar-refractivity contribution in [3.63, 3.8) is 0 Å². The van der Waals surface area contributed by atoms with Crippen LogP contribution in [0.2, 0.25) is 0 Å². The topological polar surface area (TPSA) is 18.5 Å². The van der Waals surface area contributed by atoms with E-state index in [4.69, 9.17) is 9.47 Å². The molecule has 0 radical (unpaired) electrons. The molecule has 0 saturated carbocycles. The standard InChI is InChI=1S/C22H20F6O2/c1-14-13-30-20(12-19(14)16-5-3-2-4-6-16)29-8-7-15-9-17(21(23,24)25)11-18(10-15)22(26,27)28/h2-6,9-11,19-20H,1,7-8,12-13H2/t19-,20?/m1/s1. The summed E-state index contributed by atoms with van der Waals surface area (Å²) in [6.45, 7) is 4.20. The molecule has 2 atom stereocenters. The molecule has 1 heterocycles. The van der Waals surface area contributed by atoms with Crippen molar-refractivity contribution in [3.05, 3.63) is 82.9 Å². The van der Waals surface area contributed by atoms with E-state index in [9.17, 15) is 26.3 Å². The van der Waals surface area contributed by atoms with E-state index in [1.807, 2.05) is 30.3 Å². The predicted molar refractivity (Wildman–Crippen MR) is 98.8 cm³/mol. The molecule has 8 heteroatoms. The highest BCUT2D eigenvalue weighted by Gasteiger charge is 2.37. The molecule has 2 nitrogen and oxygen atoms in total. The third-order valence-corrected chi connectivity index (χ3v) is 4.92. The molecule has 1 unspecified atom stereocenters. The van der Waals surface area contributed by atoms with Crippen LogP contribution in [0.15, 0.2) is 60.7 Å². The average Bonchev–Trinajstić information content (AvgIpc) is 2.68. The van der Waals surface area contributed by atoms with Crippen LogP contribution in [0, 0.1) is 0 Å². The van der Waals surface area contributed by atoms with Gasteiger partial charge in [0, 0.05) is 12.3 Å². The van der Waals surface area contributed by atoms with Crippen LogP contribution in [0.3, 0.4) is 0 Å². The van der Waals surface area contributed by atoms with E-state index in [1.165, 1.54) is 0 Å². The lowest BCUT2D eigenvalue weighted by Gasteiger charge is -2.31. The largest absolute Gasteiger partial charge is 0.416 e. The molecule has 1 aliphatic heterocycles. The zero-order valence-corrected chi connectivity index (χ0v) is 15.9. The smallest absolute Gasteiger partial charge is 0.352 e. The normalized spacial score (nSPS) is 20.4. The Morgan fingerprint density at radius 3 is 2.10 bits per heavy atom.